The first-order valence-electron chi connectivity index (χ1n) is 5.75. The normalized spacial score (nSPS) is 9.89. The smallest absolute Gasteiger partial charge is 0.123 e. The van der Waals surface area contributed by atoms with E-state index in [9.17, 15) is 4.39 Å². The van der Waals surface area contributed by atoms with Crippen LogP contribution in [0.3, 0.4) is 0 Å². The average Bonchev–Trinajstić information content (AvgIpc) is 2.34. The van der Waals surface area contributed by atoms with E-state index in [1.54, 1.807) is 12.1 Å². The van der Waals surface area contributed by atoms with Crippen LogP contribution >= 0.6 is 12.4 Å². The SMILES string of the molecule is Cc1ccccc1CNCc1ccc(F)cc1.Cl. The molecule has 1 N–H and O–H groups in total. The first-order chi connectivity index (χ1) is 8.25. The third-order valence-electron chi connectivity index (χ3n) is 2.82. The minimum absolute atomic E-state index is 0. The Morgan fingerprint density at radius 1 is 0.944 bits per heavy atom. The molecule has 2 rings (SSSR count). The molecule has 0 atom stereocenters. The fourth-order valence-electron chi connectivity index (χ4n) is 1.75. The molecular formula is C15H17ClFN. The van der Waals surface area contributed by atoms with Gasteiger partial charge in [-0.2, -0.15) is 0 Å². The molecule has 0 fully saturated rings. The number of nitrogens with one attached hydrogen (secondary N) is 1. The van der Waals surface area contributed by atoms with Crippen LogP contribution in [0.15, 0.2) is 48.5 Å². The van der Waals surface area contributed by atoms with Gasteiger partial charge < -0.3 is 5.32 Å². The van der Waals surface area contributed by atoms with Crippen molar-refractivity contribution in [3.63, 3.8) is 0 Å². The maximum Gasteiger partial charge on any atom is 0.123 e. The molecule has 0 amide bonds. The van der Waals surface area contributed by atoms with Crippen molar-refractivity contribution in [2.45, 2.75) is 20.0 Å². The summed E-state index contributed by atoms with van der Waals surface area (Å²) in [6.07, 6.45) is 0. The summed E-state index contributed by atoms with van der Waals surface area (Å²) in [5.41, 5.74) is 3.69. The molecule has 0 aromatic heterocycles. The van der Waals surface area contributed by atoms with Gasteiger partial charge in [0.25, 0.3) is 0 Å². The second-order valence-electron chi connectivity index (χ2n) is 4.16. The number of hydrogen-bond donors (Lipinski definition) is 1. The molecule has 96 valence electrons. The van der Waals surface area contributed by atoms with Gasteiger partial charge in [0.2, 0.25) is 0 Å². The van der Waals surface area contributed by atoms with E-state index in [-0.39, 0.29) is 18.2 Å². The van der Waals surface area contributed by atoms with Gasteiger partial charge in [-0.1, -0.05) is 36.4 Å². The van der Waals surface area contributed by atoms with Crippen molar-refractivity contribution in [3.8, 4) is 0 Å². The molecule has 0 radical (unpaired) electrons. The maximum absolute atomic E-state index is 12.7. The topological polar surface area (TPSA) is 12.0 Å². The van der Waals surface area contributed by atoms with Gasteiger partial charge in [0.1, 0.15) is 5.82 Å². The predicted molar refractivity (Wildman–Crippen MR) is 75.4 cm³/mol. The monoisotopic (exact) mass is 265 g/mol. The summed E-state index contributed by atoms with van der Waals surface area (Å²) >= 11 is 0. The van der Waals surface area contributed by atoms with Crippen molar-refractivity contribution in [2.24, 2.45) is 0 Å². The van der Waals surface area contributed by atoms with Gasteiger partial charge >= 0.3 is 0 Å². The molecule has 0 spiro atoms. The van der Waals surface area contributed by atoms with E-state index in [0.717, 1.165) is 18.7 Å². The molecule has 2 aromatic carbocycles. The van der Waals surface area contributed by atoms with Crippen LogP contribution in [0.4, 0.5) is 4.39 Å². The Bertz CT molecular complexity index is 482. The number of benzene rings is 2. The second-order valence-corrected chi connectivity index (χ2v) is 4.16. The second kappa shape index (κ2) is 7.14. The molecule has 3 heteroatoms. The van der Waals surface area contributed by atoms with Crippen molar-refractivity contribution in [3.05, 3.63) is 71.0 Å². The van der Waals surface area contributed by atoms with E-state index in [1.165, 1.54) is 23.3 Å². The van der Waals surface area contributed by atoms with Crippen molar-refractivity contribution in [1.82, 2.24) is 5.32 Å². The van der Waals surface area contributed by atoms with E-state index in [2.05, 4.69) is 24.4 Å². The van der Waals surface area contributed by atoms with Crippen LogP contribution in [0.5, 0.6) is 0 Å². The Morgan fingerprint density at radius 3 is 2.28 bits per heavy atom. The van der Waals surface area contributed by atoms with Crippen LogP contribution in [-0.4, -0.2) is 0 Å². The highest BCUT2D eigenvalue weighted by Crippen LogP contribution is 2.07. The van der Waals surface area contributed by atoms with Crippen LogP contribution in [0, 0.1) is 12.7 Å². The van der Waals surface area contributed by atoms with Gasteiger partial charge in [-0.25, -0.2) is 4.39 Å². The molecule has 0 heterocycles. The van der Waals surface area contributed by atoms with Gasteiger partial charge in [-0.05, 0) is 35.7 Å². The Hall–Kier alpha value is -1.38. The Morgan fingerprint density at radius 2 is 1.61 bits per heavy atom. The lowest BCUT2D eigenvalue weighted by atomic mass is 10.1. The summed E-state index contributed by atoms with van der Waals surface area (Å²) < 4.78 is 12.7. The lowest BCUT2D eigenvalue weighted by Gasteiger charge is -2.07. The molecule has 0 bridgehead atoms. The number of hydrogen-bond acceptors (Lipinski definition) is 1. The van der Waals surface area contributed by atoms with E-state index in [1.807, 2.05) is 12.1 Å². The van der Waals surface area contributed by atoms with Crippen LogP contribution in [-0.2, 0) is 13.1 Å². The number of aryl methyl sites for hydroxylation is 1. The minimum atomic E-state index is -0.187. The fourth-order valence-corrected chi connectivity index (χ4v) is 1.75. The zero-order valence-corrected chi connectivity index (χ0v) is 11.1. The molecule has 18 heavy (non-hydrogen) atoms. The zero-order chi connectivity index (χ0) is 12.1. The molecular weight excluding hydrogens is 249 g/mol. The van der Waals surface area contributed by atoms with Crippen LogP contribution in [0.2, 0.25) is 0 Å². The minimum Gasteiger partial charge on any atom is -0.309 e. The molecule has 0 saturated heterocycles. The first-order valence-corrected chi connectivity index (χ1v) is 5.75. The van der Waals surface area contributed by atoms with Gasteiger partial charge in [-0.15, -0.1) is 12.4 Å². The van der Waals surface area contributed by atoms with Gasteiger partial charge in [0.05, 0.1) is 0 Å². The van der Waals surface area contributed by atoms with Gasteiger partial charge in [0, 0.05) is 13.1 Å². The van der Waals surface area contributed by atoms with Crippen LogP contribution < -0.4 is 5.32 Å². The molecule has 0 aliphatic heterocycles. The quantitative estimate of drug-likeness (QED) is 0.886. The van der Waals surface area contributed by atoms with E-state index >= 15 is 0 Å². The van der Waals surface area contributed by atoms with E-state index in [4.69, 9.17) is 0 Å². The lowest BCUT2D eigenvalue weighted by Crippen LogP contribution is -2.13. The largest absolute Gasteiger partial charge is 0.309 e. The first kappa shape index (κ1) is 14.7. The van der Waals surface area contributed by atoms with Crippen molar-refractivity contribution in [1.29, 1.82) is 0 Å². The molecule has 0 saturated carbocycles. The summed E-state index contributed by atoms with van der Waals surface area (Å²) in [5.74, 6) is -0.187. The highest BCUT2D eigenvalue weighted by Gasteiger charge is 1.97. The third-order valence-corrected chi connectivity index (χ3v) is 2.82. The zero-order valence-electron chi connectivity index (χ0n) is 10.3. The maximum atomic E-state index is 12.7. The van der Waals surface area contributed by atoms with Crippen molar-refractivity contribution in [2.75, 3.05) is 0 Å². The predicted octanol–water partition coefficient (Wildman–Crippen LogP) is 3.85. The van der Waals surface area contributed by atoms with E-state index < -0.39 is 0 Å². The molecule has 2 aromatic rings. The van der Waals surface area contributed by atoms with Gasteiger partial charge in [-0.3, -0.25) is 0 Å². The molecule has 0 unspecified atom stereocenters. The third kappa shape index (κ3) is 4.13. The summed E-state index contributed by atoms with van der Waals surface area (Å²) in [4.78, 5) is 0. The lowest BCUT2D eigenvalue weighted by molar-refractivity contribution is 0.625. The fraction of sp³-hybridized carbons (Fsp3) is 0.200. The number of rotatable bonds is 4. The number of halogens is 2. The Kier molecular flexibility index (Phi) is 5.83. The Balaban J connectivity index is 0.00000162. The molecule has 1 nitrogen and oxygen atoms in total. The average molecular weight is 266 g/mol. The van der Waals surface area contributed by atoms with Crippen LogP contribution in [0.25, 0.3) is 0 Å². The highest BCUT2D eigenvalue weighted by atomic mass is 35.5. The Labute approximate surface area is 113 Å². The van der Waals surface area contributed by atoms with Crippen molar-refractivity contribution < 1.29 is 4.39 Å². The van der Waals surface area contributed by atoms with Crippen molar-refractivity contribution >= 4 is 12.4 Å². The van der Waals surface area contributed by atoms with Gasteiger partial charge in [0.15, 0.2) is 0 Å². The highest BCUT2D eigenvalue weighted by molar-refractivity contribution is 5.85. The summed E-state index contributed by atoms with van der Waals surface area (Å²) in [6, 6.07) is 14.9. The standard InChI is InChI=1S/C15H16FN.ClH/c1-12-4-2-3-5-14(12)11-17-10-13-6-8-15(16)9-7-13;/h2-9,17H,10-11H2,1H3;1H. The van der Waals surface area contributed by atoms with E-state index in [0.29, 0.717) is 0 Å². The van der Waals surface area contributed by atoms with Crippen LogP contribution in [0.1, 0.15) is 16.7 Å². The molecule has 0 aliphatic carbocycles. The summed E-state index contributed by atoms with van der Waals surface area (Å²) in [6.45, 7) is 3.70. The molecule has 0 aliphatic rings. The summed E-state index contributed by atoms with van der Waals surface area (Å²) in [7, 11) is 0. The summed E-state index contributed by atoms with van der Waals surface area (Å²) in [5, 5.41) is 3.36.